The van der Waals surface area contributed by atoms with E-state index in [1.807, 2.05) is 6.20 Å². The molecule has 4 heteroatoms. The molecular formula is C24H38N2O2. The third-order valence-electron chi connectivity index (χ3n) is 7.02. The minimum Gasteiger partial charge on any atom is -0.511 e. The van der Waals surface area contributed by atoms with Gasteiger partial charge in [0.2, 0.25) is 0 Å². The van der Waals surface area contributed by atoms with Crippen LogP contribution in [0.25, 0.3) is 0 Å². The molecule has 0 amide bonds. The minimum absolute atomic E-state index is 0.197. The van der Waals surface area contributed by atoms with Crippen LogP contribution < -0.4 is 0 Å². The number of aliphatic hydroxyl groups excluding tert-OH is 1. The molecule has 0 spiro atoms. The summed E-state index contributed by atoms with van der Waals surface area (Å²) in [4.78, 5) is 4.88. The molecule has 3 atom stereocenters. The first-order valence-electron chi connectivity index (χ1n) is 11.6. The van der Waals surface area contributed by atoms with Gasteiger partial charge in [-0.15, -0.1) is 0 Å². The minimum atomic E-state index is 0.197. The van der Waals surface area contributed by atoms with E-state index < -0.39 is 0 Å². The molecule has 1 N–H and O–H groups in total. The van der Waals surface area contributed by atoms with E-state index >= 15 is 0 Å². The molecule has 0 bridgehead atoms. The first kappa shape index (κ1) is 20.0. The Bertz CT molecular complexity index is 651. The van der Waals surface area contributed by atoms with E-state index in [1.54, 1.807) is 11.1 Å². The molecule has 3 heterocycles. The number of piperazine rings is 1. The number of nitrogens with zero attached hydrogens (tertiary/aromatic N) is 2. The van der Waals surface area contributed by atoms with Gasteiger partial charge >= 0.3 is 0 Å². The highest BCUT2D eigenvalue weighted by atomic mass is 16.6. The maximum atomic E-state index is 10.1. The van der Waals surface area contributed by atoms with Crippen LogP contribution in [-0.4, -0.2) is 53.3 Å². The lowest BCUT2D eigenvalue weighted by Crippen LogP contribution is -2.45. The third kappa shape index (κ3) is 4.83. The third-order valence-corrected chi connectivity index (χ3v) is 7.02. The van der Waals surface area contributed by atoms with Crippen molar-refractivity contribution >= 4 is 0 Å². The summed E-state index contributed by atoms with van der Waals surface area (Å²) in [6.07, 6.45) is 15.9. The first-order valence-corrected chi connectivity index (χ1v) is 11.6. The zero-order chi connectivity index (χ0) is 19.5. The number of allylic oxidation sites excluding steroid dienone is 2. The van der Waals surface area contributed by atoms with Crippen molar-refractivity contribution in [3.63, 3.8) is 0 Å². The van der Waals surface area contributed by atoms with Crippen LogP contribution in [0.5, 0.6) is 0 Å². The fourth-order valence-corrected chi connectivity index (χ4v) is 5.29. The maximum absolute atomic E-state index is 10.1. The van der Waals surface area contributed by atoms with Gasteiger partial charge in [-0.25, -0.2) is 0 Å². The van der Waals surface area contributed by atoms with Gasteiger partial charge in [-0.2, -0.15) is 0 Å². The summed E-state index contributed by atoms with van der Waals surface area (Å²) in [6.45, 7) is 8.90. The Kier molecular flexibility index (Phi) is 6.47. The molecule has 2 saturated heterocycles. The number of epoxide rings is 1. The molecule has 0 aromatic rings. The summed E-state index contributed by atoms with van der Waals surface area (Å²) in [7, 11) is 0. The van der Waals surface area contributed by atoms with Crippen LogP contribution in [0.1, 0.15) is 71.6 Å². The predicted octanol–water partition coefficient (Wildman–Crippen LogP) is 5.15. The number of hydrogen-bond acceptors (Lipinski definition) is 4. The SMILES string of the molecule is CCCCCC1=C(CC)CC(CN2CCN3/C=C(/O)C[C@@H]4OC4/C=C\3C2)CC1. The van der Waals surface area contributed by atoms with Gasteiger partial charge in [-0.1, -0.05) is 37.8 Å². The fourth-order valence-electron chi connectivity index (χ4n) is 5.29. The first-order chi connectivity index (χ1) is 13.7. The topological polar surface area (TPSA) is 39.2 Å². The van der Waals surface area contributed by atoms with Crippen molar-refractivity contribution in [3.05, 3.63) is 34.9 Å². The smallest absolute Gasteiger partial charge is 0.111 e. The van der Waals surface area contributed by atoms with Gasteiger partial charge in [0.25, 0.3) is 0 Å². The lowest BCUT2D eigenvalue weighted by Gasteiger charge is -2.39. The molecule has 4 aliphatic rings. The summed E-state index contributed by atoms with van der Waals surface area (Å²) < 4.78 is 5.69. The number of aliphatic hydroxyl groups is 1. The van der Waals surface area contributed by atoms with Crippen molar-refractivity contribution < 1.29 is 9.84 Å². The van der Waals surface area contributed by atoms with Crippen molar-refractivity contribution in [1.82, 2.24) is 9.80 Å². The highest BCUT2D eigenvalue weighted by Gasteiger charge is 2.40. The van der Waals surface area contributed by atoms with Gasteiger partial charge in [0.05, 0.1) is 6.10 Å². The van der Waals surface area contributed by atoms with Crippen LogP contribution in [0.4, 0.5) is 0 Å². The Morgan fingerprint density at radius 1 is 1.14 bits per heavy atom. The normalized spacial score (nSPS) is 34.5. The summed E-state index contributed by atoms with van der Waals surface area (Å²) in [5, 5.41) is 10.1. The van der Waals surface area contributed by atoms with E-state index in [2.05, 4.69) is 29.7 Å². The second-order valence-corrected chi connectivity index (χ2v) is 9.18. The molecule has 0 saturated carbocycles. The molecule has 28 heavy (non-hydrogen) atoms. The van der Waals surface area contributed by atoms with Crippen molar-refractivity contribution in [1.29, 1.82) is 0 Å². The molecule has 3 aliphatic heterocycles. The Balaban J connectivity index is 1.34. The zero-order valence-electron chi connectivity index (χ0n) is 17.8. The second-order valence-electron chi connectivity index (χ2n) is 9.18. The molecular weight excluding hydrogens is 348 g/mol. The van der Waals surface area contributed by atoms with Gasteiger partial charge in [0.1, 0.15) is 11.9 Å². The molecule has 4 nitrogen and oxygen atoms in total. The molecule has 0 radical (unpaired) electrons. The number of fused-ring (bicyclic) bond motifs is 2. The maximum Gasteiger partial charge on any atom is 0.111 e. The predicted molar refractivity (Wildman–Crippen MR) is 114 cm³/mol. The fraction of sp³-hybridized carbons (Fsp3) is 0.750. The van der Waals surface area contributed by atoms with Gasteiger partial charge in [0.15, 0.2) is 0 Å². The molecule has 1 aliphatic carbocycles. The number of rotatable bonds is 7. The summed E-state index contributed by atoms with van der Waals surface area (Å²) >= 11 is 0. The van der Waals surface area contributed by atoms with Crippen molar-refractivity contribution in [3.8, 4) is 0 Å². The van der Waals surface area contributed by atoms with Crippen LogP contribution in [0.2, 0.25) is 0 Å². The van der Waals surface area contributed by atoms with Crippen LogP contribution in [0, 0.1) is 5.92 Å². The second kappa shape index (κ2) is 9.04. The van der Waals surface area contributed by atoms with Crippen LogP contribution in [0.3, 0.4) is 0 Å². The van der Waals surface area contributed by atoms with E-state index in [4.69, 9.17) is 4.74 Å². The van der Waals surface area contributed by atoms with Crippen molar-refractivity contribution in [2.75, 3.05) is 26.2 Å². The van der Waals surface area contributed by atoms with Gasteiger partial charge in [-0.05, 0) is 50.5 Å². The van der Waals surface area contributed by atoms with Crippen LogP contribution in [-0.2, 0) is 4.74 Å². The summed E-state index contributed by atoms with van der Waals surface area (Å²) in [6, 6.07) is 0. The Hall–Kier alpha value is -1.26. The lowest BCUT2D eigenvalue weighted by atomic mass is 9.80. The monoisotopic (exact) mass is 386 g/mol. The molecule has 4 rings (SSSR count). The van der Waals surface area contributed by atoms with Crippen LogP contribution in [0.15, 0.2) is 34.9 Å². The van der Waals surface area contributed by atoms with Gasteiger partial charge in [0, 0.05) is 44.5 Å². The highest BCUT2D eigenvalue weighted by Crippen LogP contribution is 2.36. The van der Waals surface area contributed by atoms with Gasteiger partial charge in [-0.3, -0.25) is 4.90 Å². The highest BCUT2D eigenvalue weighted by molar-refractivity contribution is 5.22. The summed E-state index contributed by atoms with van der Waals surface area (Å²) in [5.41, 5.74) is 4.86. The number of hydrogen-bond donors (Lipinski definition) is 1. The molecule has 0 aromatic heterocycles. The van der Waals surface area contributed by atoms with E-state index in [-0.39, 0.29) is 12.2 Å². The number of ether oxygens (including phenoxy) is 1. The average molecular weight is 387 g/mol. The Morgan fingerprint density at radius 3 is 2.86 bits per heavy atom. The van der Waals surface area contributed by atoms with E-state index in [0.717, 1.165) is 25.6 Å². The zero-order valence-corrected chi connectivity index (χ0v) is 17.8. The molecule has 156 valence electrons. The quantitative estimate of drug-likeness (QED) is 0.373. The van der Waals surface area contributed by atoms with Crippen molar-refractivity contribution in [2.45, 2.75) is 83.8 Å². The largest absolute Gasteiger partial charge is 0.511 e. The molecule has 2 unspecified atom stereocenters. The Morgan fingerprint density at radius 2 is 2.04 bits per heavy atom. The number of unbranched alkanes of at least 4 members (excludes halogenated alkanes) is 2. The lowest BCUT2D eigenvalue weighted by molar-refractivity contribution is 0.171. The Labute approximate surface area is 170 Å². The average Bonchev–Trinajstić information content (AvgIpc) is 3.39. The van der Waals surface area contributed by atoms with E-state index in [1.165, 1.54) is 63.6 Å². The van der Waals surface area contributed by atoms with E-state index in [9.17, 15) is 5.11 Å². The van der Waals surface area contributed by atoms with E-state index in [0.29, 0.717) is 12.2 Å². The molecule has 2 fully saturated rings. The standard InChI is InChI=1S/C24H38N2O2/c1-3-5-6-7-20-9-8-18(12-19(20)4-2)15-25-10-11-26-17-22(27)14-24-23(28-24)13-21(26)16-25/h13,17-18,23-24,27H,3-12,14-16H2,1-2H3/b21-13-,22-17+/t18?,23?,24-/m0/s1. The van der Waals surface area contributed by atoms with Gasteiger partial charge < -0.3 is 14.7 Å². The van der Waals surface area contributed by atoms with Crippen LogP contribution >= 0.6 is 0 Å². The van der Waals surface area contributed by atoms with Crippen molar-refractivity contribution in [2.24, 2.45) is 5.92 Å². The molecule has 0 aromatic carbocycles. The summed E-state index contributed by atoms with van der Waals surface area (Å²) in [5.74, 6) is 1.27.